The molecule has 0 spiro atoms. The van der Waals surface area contributed by atoms with Crippen LogP contribution in [0.2, 0.25) is 0 Å². The maximum absolute atomic E-state index is 10.5. The number of primary amides is 1. The van der Waals surface area contributed by atoms with Gasteiger partial charge in [0, 0.05) is 17.2 Å². The lowest BCUT2D eigenvalue weighted by atomic mass is 10.3. The van der Waals surface area contributed by atoms with Crippen molar-refractivity contribution in [3.63, 3.8) is 0 Å². The maximum Gasteiger partial charge on any atom is 0.322 e. The summed E-state index contributed by atoms with van der Waals surface area (Å²) in [7, 11) is 0. The first-order valence-corrected chi connectivity index (χ1v) is 5.97. The number of pyridine rings is 1. The van der Waals surface area contributed by atoms with Crippen molar-refractivity contribution in [2.75, 3.05) is 0 Å². The Labute approximate surface area is 108 Å². The Morgan fingerprint density at radius 1 is 1.22 bits per heavy atom. The van der Waals surface area contributed by atoms with Crippen LogP contribution in [0.3, 0.4) is 0 Å². The van der Waals surface area contributed by atoms with Gasteiger partial charge in [-0.25, -0.2) is 9.78 Å². The molecule has 0 fully saturated rings. The predicted molar refractivity (Wildman–Crippen MR) is 69.3 cm³/mol. The summed E-state index contributed by atoms with van der Waals surface area (Å²) in [4.78, 5) is 15.4. The number of nitrogens with two attached hydrogens (primary N) is 1. The van der Waals surface area contributed by atoms with E-state index < -0.39 is 6.03 Å². The highest BCUT2D eigenvalue weighted by Crippen LogP contribution is 2.21. The van der Waals surface area contributed by atoms with E-state index >= 15 is 0 Å². The standard InChI is InChI=1S/C12H11N3O2S/c13-12(16)15-18-10-6-7-11(14-8-10)17-9-4-2-1-3-5-9/h1-8H,(H3,13,15,16). The smallest absolute Gasteiger partial charge is 0.322 e. The van der Waals surface area contributed by atoms with Gasteiger partial charge < -0.3 is 10.5 Å². The first kappa shape index (κ1) is 12.3. The van der Waals surface area contributed by atoms with Crippen LogP contribution < -0.4 is 15.2 Å². The number of benzene rings is 1. The van der Waals surface area contributed by atoms with Crippen LogP contribution in [0, 0.1) is 0 Å². The van der Waals surface area contributed by atoms with Gasteiger partial charge in [-0.3, -0.25) is 4.72 Å². The number of hydrogen-bond acceptors (Lipinski definition) is 4. The number of nitrogens with zero attached hydrogens (tertiary/aromatic N) is 1. The van der Waals surface area contributed by atoms with Crippen molar-refractivity contribution in [2.24, 2.45) is 5.73 Å². The molecular formula is C12H11N3O2S. The van der Waals surface area contributed by atoms with Crippen LogP contribution in [0.15, 0.2) is 53.6 Å². The molecule has 0 unspecified atom stereocenters. The van der Waals surface area contributed by atoms with Gasteiger partial charge >= 0.3 is 6.03 Å². The Hall–Kier alpha value is -2.21. The Morgan fingerprint density at radius 3 is 2.61 bits per heavy atom. The molecule has 0 aliphatic carbocycles. The van der Waals surface area contributed by atoms with E-state index in [0.29, 0.717) is 5.88 Å². The lowest BCUT2D eigenvalue weighted by Gasteiger charge is -2.05. The van der Waals surface area contributed by atoms with E-state index in [1.165, 1.54) is 0 Å². The van der Waals surface area contributed by atoms with Crippen molar-refractivity contribution in [3.8, 4) is 11.6 Å². The summed E-state index contributed by atoms with van der Waals surface area (Å²) in [6.07, 6.45) is 1.60. The topological polar surface area (TPSA) is 77.2 Å². The molecular weight excluding hydrogens is 250 g/mol. The van der Waals surface area contributed by atoms with Crippen LogP contribution in [0.25, 0.3) is 0 Å². The average molecular weight is 261 g/mol. The van der Waals surface area contributed by atoms with Gasteiger partial charge in [-0.1, -0.05) is 18.2 Å². The predicted octanol–water partition coefficient (Wildman–Crippen LogP) is 2.55. The molecule has 6 heteroatoms. The molecule has 0 atom stereocenters. The molecule has 3 N–H and O–H groups in total. The summed E-state index contributed by atoms with van der Waals surface area (Å²) in [5.74, 6) is 1.21. The minimum atomic E-state index is -0.593. The fraction of sp³-hybridized carbons (Fsp3) is 0. The normalized spacial score (nSPS) is 9.78. The molecule has 2 rings (SSSR count). The molecule has 2 amide bonds. The first-order valence-electron chi connectivity index (χ1n) is 5.15. The Kier molecular flexibility index (Phi) is 4.03. The molecule has 0 aliphatic rings. The van der Waals surface area contributed by atoms with Crippen LogP contribution in [0.1, 0.15) is 0 Å². The first-order chi connectivity index (χ1) is 8.74. The number of para-hydroxylation sites is 1. The Bertz CT molecular complexity index is 517. The number of carbonyl (C=O) groups excluding carboxylic acids is 1. The molecule has 1 heterocycles. The van der Waals surface area contributed by atoms with Crippen molar-refractivity contribution in [3.05, 3.63) is 48.7 Å². The third-order valence-corrected chi connectivity index (χ3v) is 2.72. The Balaban J connectivity index is 1.97. The molecule has 0 radical (unpaired) electrons. The lowest BCUT2D eigenvalue weighted by Crippen LogP contribution is -2.22. The number of carbonyl (C=O) groups is 1. The zero-order chi connectivity index (χ0) is 12.8. The van der Waals surface area contributed by atoms with Gasteiger partial charge in [-0.2, -0.15) is 0 Å². The van der Waals surface area contributed by atoms with E-state index in [1.807, 2.05) is 30.3 Å². The molecule has 0 bridgehead atoms. The maximum atomic E-state index is 10.5. The van der Waals surface area contributed by atoms with Gasteiger partial charge in [0.1, 0.15) is 5.75 Å². The molecule has 0 saturated heterocycles. The number of aromatic nitrogens is 1. The number of nitrogens with one attached hydrogen (secondary N) is 1. The SMILES string of the molecule is NC(=O)NSc1ccc(Oc2ccccc2)nc1. The quantitative estimate of drug-likeness (QED) is 0.829. The van der Waals surface area contributed by atoms with Crippen molar-refractivity contribution < 1.29 is 9.53 Å². The van der Waals surface area contributed by atoms with Crippen LogP contribution in [0.5, 0.6) is 11.6 Å². The summed E-state index contributed by atoms with van der Waals surface area (Å²) in [5.41, 5.74) is 4.96. The van der Waals surface area contributed by atoms with E-state index in [4.69, 9.17) is 10.5 Å². The lowest BCUT2D eigenvalue weighted by molar-refractivity contribution is 0.254. The number of amides is 2. The average Bonchev–Trinajstić information content (AvgIpc) is 2.39. The molecule has 2 aromatic rings. The van der Waals surface area contributed by atoms with Gasteiger partial charge in [-0.05, 0) is 30.1 Å². The molecule has 5 nitrogen and oxygen atoms in total. The highest BCUT2D eigenvalue weighted by atomic mass is 32.2. The van der Waals surface area contributed by atoms with Crippen molar-refractivity contribution in [2.45, 2.75) is 4.90 Å². The molecule has 0 aliphatic heterocycles. The van der Waals surface area contributed by atoms with Gasteiger partial charge in [-0.15, -0.1) is 0 Å². The van der Waals surface area contributed by atoms with Crippen LogP contribution >= 0.6 is 11.9 Å². The van der Waals surface area contributed by atoms with E-state index in [2.05, 4.69) is 9.71 Å². The minimum Gasteiger partial charge on any atom is -0.439 e. The van der Waals surface area contributed by atoms with Gasteiger partial charge in [0.15, 0.2) is 0 Å². The Morgan fingerprint density at radius 2 is 2.00 bits per heavy atom. The van der Waals surface area contributed by atoms with Gasteiger partial charge in [0.05, 0.1) is 0 Å². The molecule has 1 aromatic heterocycles. The van der Waals surface area contributed by atoms with Crippen LogP contribution in [-0.4, -0.2) is 11.0 Å². The number of hydrogen-bond donors (Lipinski definition) is 2. The molecule has 0 saturated carbocycles. The molecule has 1 aromatic carbocycles. The zero-order valence-corrected chi connectivity index (χ0v) is 10.2. The summed E-state index contributed by atoms with van der Waals surface area (Å²) in [6, 6.07) is 12.3. The fourth-order valence-electron chi connectivity index (χ4n) is 1.21. The number of rotatable bonds is 4. The monoisotopic (exact) mass is 261 g/mol. The van der Waals surface area contributed by atoms with Crippen molar-refractivity contribution in [1.29, 1.82) is 0 Å². The van der Waals surface area contributed by atoms with Crippen LogP contribution in [-0.2, 0) is 0 Å². The second-order valence-electron chi connectivity index (χ2n) is 3.32. The van der Waals surface area contributed by atoms with Crippen LogP contribution in [0.4, 0.5) is 4.79 Å². The number of ether oxygens (including phenoxy) is 1. The summed E-state index contributed by atoms with van der Waals surface area (Å²) in [5, 5.41) is 0. The molecule has 92 valence electrons. The number of urea groups is 1. The van der Waals surface area contributed by atoms with Gasteiger partial charge in [0.25, 0.3) is 0 Å². The fourth-order valence-corrected chi connectivity index (χ4v) is 1.67. The largest absolute Gasteiger partial charge is 0.439 e. The zero-order valence-electron chi connectivity index (χ0n) is 9.37. The third-order valence-electron chi connectivity index (χ3n) is 1.94. The highest BCUT2D eigenvalue weighted by Gasteiger charge is 2.00. The third kappa shape index (κ3) is 3.67. The highest BCUT2D eigenvalue weighted by molar-refractivity contribution is 7.98. The second kappa shape index (κ2) is 5.92. The summed E-state index contributed by atoms with van der Waals surface area (Å²) >= 11 is 1.10. The van der Waals surface area contributed by atoms with E-state index in [-0.39, 0.29) is 0 Å². The van der Waals surface area contributed by atoms with E-state index in [1.54, 1.807) is 18.3 Å². The van der Waals surface area contributed by atoms with Crippen molar-refractivity contribution >= 4 is 18.0 Å². The van der Waals surface area contributed by atoms with E-state index in [9.17, 15) is 4.79 Å². The summed E-state index contributed by atoms with van der Waals surface area (Å²) in [6.45, 7) is 0. The summed E-state index contributed by atoms with van der Waals surface area (Å²) < 4.78 is 7.93. The second-order valence-corrected chi connectivity index (χ2v) is 4.20. The van der Waals surface area contributed by atoms with E-state index in [0.717, 1.165) is 22.6 Å². The van der Waals surface area contributed by atoms with Crippen molar-refractivity contribution in [1.82, 2.24) is 9.71 Å². The minimum absolute atomic E-state index is 0.490. The molecule has 18 heavy (non-hydrogen) atoms. The van der Waals surface area contributed by atoms with Gasteiger partial charge in [0.2, 0.25) is 5.88 Å².